The van der Waals surface area contributed by atoms with Crippen molar-refractivity contribution in [2.45, 2.75) is 45.6 Å². The van der Waals surface area contributed by atoms with Gasteiger partial charge in [-0.3, -0.25) is 19.5 Å². The van der Waals surface area contributed by atoms with Crippen molar-refractivity contribution in [2.75, 3.05) is 26.2 Å². The number of carbonyl (C=O) groups excluding carboxylic acids is 1. The fourth-order valence-electron chi connectivity index (χ4n) is 4.89. The van der Waals surface area contributed by atoms with E-state index in [-0.39, 0.29) is 16.9 Å². The molecule has 2 N–H and O–H groups in total. The molecule has 2 aliphatic heterocycles. The largest absolute Gasteiger partial charge is 0.338 e. The Morgan fingerprint density at radius 3 is 2.57 bits per heavy atom. The summed E-state index contributed by atoms with van der Waals surface area (Å²) in [6.07, 6.45) is 4.39. The predicted octanol–water partition coefficient (Wildman–Crippen LogP) is 2.31. The number of benzene rings is 1. The number of likely N-dealkylation sites (tertiary alicyclic amines) is 2. The van der Waals surface area contributed by atoms with Crippen LogP contribution in [0.4, 0.5) is 0 Å². The summed E-state index contributed by atoms with van der Waals surface area (Å²) in [6, 6.07) is 8.89. The number of rotatable bonds is 4. The molecule has 1 aromatic heterocycles. The maximum absolute atomic E-state index is 12.8. The zero-order valence-corrected chi connectivity index (χ0v) is 17.7. The zero-order valence-electron chi connectivity index (χ0n) is 17.7. The smallest absolute Gasteiger partial charge is 0.325 e. The lowest BCUT2D eigenvalue weighted by Crippen LogP contribution is -2.45. The van der Waals surface area contributed by atoms with Gasteiger partial charge in [-0.25, -0.2) is 4.79 Å². The second kappa shape index (κ2) is 8.22. The topological polar surface area (TPSA) is 89.3 Å². The number of aromatic amines is 2. The van der Waals surface area contributed by atoms with Gasteiger partial charge in [0.1, 0.15) is 5.56 Å². The van der Waals surface area contributed by atoms with Crippen LogP contribution in [0, 0.1) is 5.41 Å². The van der Waals surface area contributed by atoms with Gasteiger partial charge in [-0.05, 0) is 42.9 Å². The van der Waals surface area contributed by atoms with Crippen LogP contribution < -0.4 is 11.2 Å². The van der Waals surface area contributed by atoms with Crippen molar-refractivity contribution in [3.8, 4) is 0 Å². The minimum absolute atomic E-state index is 0.00422. The van der Waals surface area contributed by atoms with E-state index >= 15 is 0 Å². The van der Waals surface area contributed by atoms with E-state index in [1.54, 1.807) is 4.90 Å². The third kappa shape index (κ3) is 4.26. The Morgan fingerprint density at radius 2 is 1.87 bits per heavy atom. The maximum Gasteiger partial charge on any atom is 0.325 e. The SMILES string of the molecule is CC(C)c1ccc(CN2CCCC3(CCN(C(=O)c4c[nH]c(=O)[nH]c4=O)C3)C2)cc1. The van der Waals surface area contributed by atoms with Crippen LogP contribution in [0.2, 0.25) is 0 Å². The Kier molecular flexibility index (Phi) is 5.64. The molecule has 2 saturated heterocycles. The molecule has 0 radical (unpaired) electrons. The molecule has 1 amide bonds. The van der Waals surface area contributed by atoms with Gasteiger partial charge in [-0.15, -0.1) is 0 Å². The minimum atomic E-state index is -0.625. The summed E-state index contributed by atoms with van der Waals surface area (Å²) in [5.41, 5.74) is 1.54. The third-order valence-corrected chi connectivity index (χ3v) is 6.57. The molecule has 1 atom stereocenters. The highest BCUT2D eigenvalue weighted by atomic mass is 16.2. The number of nitrogens with one attached hydrogen (secondary N) is 2. The van der Waals surface area contributed by atoms with E-state index in [1.165, 1.54) is 17.3 Å². The number of carbonyl (C=O) groups is 1. The second-order valence-corrected chi connectivity index (χ2v) is 9.17. The lowest BCUT2D eigenvalue weighted by molar-refractivity contribution is 0.0673. The number of piperidine rings is 1. The van der Waals surface area contributed by atoms with Crippen LogP contribution in [0.5, 0.6) is 0 Å². The van der Waals surface area contributed by atoms with Crippen molar-refractivity contribution in [1.29, 1.82) is 0 Å². The molecule has 0 bridgehead atoms. The Morgan fingerprint density at radius 1 is 1.10 bits per heavy atom. The minimum Gasteiger partial charge on any atom is -0.338 e. The first-order valence-corrected chi connectivity index (χ1v) is 10.8. The molecule has 4 rings (SSSR count). The summed E-state index contributed by atoms with van der Waals surface area (Å²) in [6.45, 7) is 8.68. The quantitative estimate of drug-likeness (QED) is 0.810. The molecule has 1 spiro atoms. The van der Waals surface area contributed by atoms with Crippen molar-refractivity contribution in [1.82, 2.24) is 19.8 Å². The highest BCUT2D eigenvalue weighted by molar-refractivity contribution is 5.93. The van der Waals surface area contributed by atoms with Gasteiger partial charge in [-0.2, -0.15) is 0 Å². The highest BCUT2D eigenvalue weighted by Gasteiger charge is 2.43. The molecule has 0 aliphatic carbocycles. The van der Waals surface area contributed by atoms with E-state index < -0.39 is 11.2 Å². The molecule has 160 valence electrons. The summed E-state index contributed by atoms with van der Waals surface area (Å²) in [5, 5.41) is 0. The number of amides is 1. The monoisotopic (exact) mass is 410 g/mol. The molecule has 2 aliphatic rings. The maximum atomic E-state index is 12.8. The van der Waals surface area contributed by atoms with Crippen LogP contribution in [0.25, 0.3) is 0 Å². The van der Waals surface area contributed by atoms with E-state index in [0.717, 1.165) is 38.9 Å². The zero-order chi connectivity index (χ0) is 21.3. The molecular weight excluding hydrogens is 380 g/mol. The molecular formula is C23H30N4O3. The molecule has 1 aromatic carbocycles. The molecule has 30 heavy (non-hydrogen) atoms. The Labute approximate surface area is 176 Å². The van der Waals surface area contributed by atoms with Gasteiger partial charge < -0.3 is 9.88 Å². The summed E-state index contributed by atoms with van der Waals surface area (Å²) in [7, 11) is 0. The van der Waals surface area contributed by atoms with Gasteiger partial charge in [0.05, 0.1) is 0 Å². The van der Waals surface area contributed by atoms with Crippen LogP contribution in [-0.2, 0) is 6.54 Å². The third-order valence-electron chi connectivity index (χ3n) is 6.57. The van der Waals surface area contributed by atoms with Crippen LogP contribution in [-0.4, -0.2) is 51.9 Å². The van der Waals surface area contributed by atoms with E-state index in [9.17, 15) is 14.4 Å². The van der Waals surface area contributed by atoms with Crippen LogP contribution >= 0.6 is 0 Å². The van der Waals surface area contributed by atoms with E-state index in [0.29, 0.717) is 19.0 Å². The fraction of sp³-hybridized carbons (Fsp3) is 0.522. The van der Waals surface area contributed by atoms with Gasteiger partial charge in [0.15, 0.2) is 0 Å². The number of aromatic nitrogens is 2. The fourth-order valence-corrected chi connectivity index (χ4v) is 4.89. The highest BCUT2D eigenvalue weighted by Crippen LogP contribution is 2.39. The lowest BCUT2D eigenvalue weighted by Gasteiger charge is -2.40. The number of H-pyrrole nitrogens is 2. The molecule has 7 heteroatoms. The van der Waals surface area contributed by atoms with Crippen LogP contribution in [0.1, 0.15) is 60.5 Å². The Bertz CT molecular complexity index is 1020. The molecule has 3 heterocycles. The van der Waals surface area contributed by atoms with Gasteiger partial charge in [0.2, 0.25) is 0 Å². The summed E-state index contributed by atoms with van der Waals surface area (Å²) in [5.74, 6) is 0.236. The summed E-state index contributed by atoms with van der Waals surface area (Å²) >= 11 is 0. The average molecular weight is 411 g/mol. The van der Waals surface area contributed by atoms with Gasteiger partial charge in [0, 0.05) is 37.8 Å². The van der Waals surface area contributed by atoms with Crippen molar-refractivity contribution in [2.24, 2.45) is 5.41 Å². The first-order valence-electron chi connectivity index (χ1n) is 10.8. The summed E-state index contributed by atoms with van der Waals surface area (Å²) < 4.78 is 0. The number of nitrogens with zero attached hydrogens (tertiary/aromatic N) is 2. The number of hydrogen-bond acceptors (Lipinski definition) is 4. The molecule has 2 aromatic rings. The molecule has 0 saturated carbocycles. The van der Waals surface area contributed by atoms with E-state index in [1.807, 2.05) is 0 Å². The van der Waals surface area contributed by atoms with Gasteiger partial charge in [0.25, 0.3) is 11.5 Å². The Hall–Kier alpha value is -2.67. The van der Waals surface area contributed by atoms with Gasteiger partial charge in [-0.1, -0.05) is 38.1 Å². The van der Waals surface area contributed by atoms with Crippen molar-refractivity contribution >= 4 is 5.91 Å². The average Bonchev–Trinajstić information content (AvgIpc) is 3.11. The standard InChI is InChI=1S/C23H30N4O3/c1-16(2)18-6-4-17(5-7-18)13-26-10-3-8-23(14-26)9-11-27(15-23)21(29)19-12-24-22(30)25-20(19)28/h4-7,12,16H,3,8-11,13-15H2,1-2H3,(H2,24,25,28,30). The van der Waals surface area contributed by atoms with Crippen molar-refractivity contribution in [3.63, 3.8) is 0 Å². The number of hydrogen-bond donors (Lipinski definition) is 2. The van der Waals surface area contributed by atoms with Crippen LogP contribution in [0.15, 0.2) is 40.1 Å². The Balaban J connectivity index is 1.42. The van der Waals surface area contributed by atoms with Crippen molar-refractivity contribution in [3.05, 3.63) is 68.0 Å². The second-order valence-electron chi connectivity index (χ2n) is 9.17. The first-order chi connectivity index (χ1) is 14.3. The predicted molar refractivity (Wildman–Crippen MR) is 116 cm³/mol. The first kappa shape index (κ1) is 20.6. The van der Waals surface area contributed by atoms with Gasteiger partial charge >= 0.3 is 5.69 Å². The molecule has 1 unspecified atom stereocenters. The van der Waals surface area contributed by atoms with E-state index in [4.69, 9.17) is 0 Å². The van der Waals surface area contributed by atoms with E-state index in [2.05, 4.69) is 53.0 Å². The lowest BCUT2D eigenvalue weighted by atomic mass is 9.79. The molecule has 2 fully saturated rings. The normalized spacial score (nSPS) is 22.2. The van der Waals surface area contributed by atoms with Crippen LogP contribution in [0.3, 0.4) is 0 Å². The van der Waals surface area contributed by atoms with Crippen molar-refractivity contribution < 1.29 is 4.79 Å². The summed E-state index contributed by atoms with van der Waals surface area (Å²) in [4.78, 5) is 44.8. The molecule has 7 nitrogen and oxygen atoms in total.